The van der Waals surface area contributed by atoms with Gasteiger partial charge >= 0.3 is 0 Å². The molecule has 0 aliphatic heterocycles. The van der Waals surface area contributed by atoms with E-state index in [-0.39, 0.29) is 12.0 Å². The third-order valence-corrected chi connectivity index (χ3v) is 1.76. The van der Waals surface area contributed by atoms with Crippen LogP contribution in [0.15, 0.2) is 0 Å². The van der Waals surface area contributed by atoms with Gasteiger partial charge in [-0.3, -0.25) is 4.79 Å². The number of rotatable bonds is 7. The summed E-state index contributed by atoms with van der Waals surface area (Å²) in [7, 11) is 0. The second kappa shape index (κ2) is 7.10. The highest BCUT2D eigenvalue weighted by atomic mass is 16.5. The summed E-state index contributed by atoms with van der Waals surface area (Å²) in [6.07, 6.45) is 3.61. The van der Waals surface area contributed by atoms with Crippen LogP contribution in [0.2, 0.25) is 0 Å². The topological polar surface area (TPSA) is 52.3 Å². The molecule has 0 saturated carbocycles. The molecule has 0 spiro atoms. The highest BCUT2D eigenvalue weighted by Gasteiger charge is 2.11. The first-order valence-electron chi connectivity index (χ1n) is 4.63. The van der Waals surface area contributed by atoms with Gasteiger partial charge in [0.05, 0.1) is 0 Å². The predicted molar refractivity (Wildman–Crippen MR) is 48.8 cm³/mol. The Balaban J connectivity index is 3.38. The molecule has 12 heavy (non-hydrogen) atoms. The first-order chi connectivity index (χ1) is 5.72. The number of hydrogen-bond acceptors (Lipinski definition) is 2. The van der Waals surface area contributed by atoms with Gasteiger partial charge in [-0.2, -0.15) is 0 Å². The van der Waals surface area contributed by atoms with E-state index in [0.29, 0.717) is 13.0 Å². The number of unbranched alkanes of at least 4 members (excludes halogenated alkanes) is 2. The minimum atomic E-state index is -0.387. The maximum Gasteiger partial charge on any atom is 0.246 e. The number of nitrogens with two attached hydrogens (primary N) is 1. The van der Waals surface area contributed by atoms with E-state index in [2.05, 4.69) is 6.92 Å². The minimum absolute atomic E-state index is 0.353. The summed E-state index contributed by atoms with van der Waals surface area (Å²) in [5.41, 5.74) is 5.10. The van der Waals surface area contributed by atoms with E-state index in [1.807, 2.05) is 6.92 Å². The van der Waals surface area contributed by atoms with Crippen LogP contribution in [0.1, 0.15) is 39.5 Å². The number of carbonyl (C=O) groups excluding carboxylic acids is 1. The molecule has 0 radical (unpaired) electrons. The molecule has 0 aromatic rings. The smallest absolute Gasteiger partial charge is 0.246 e. The second-order valence-corrected chi connectivity index (χ2v) is 2.88. The van der Waals surface area contributed by atoms with E-state index in [0.717, 1.165) is 19.3 Å². The molecule has 0 fully saturated rings. The Morgan fingerprint density at radius 2 is 2.08 bits per heavy atom. The van der Waals surface area contributed by atoms with Crippen molar-refractivity contribution in [2.45, 2.75) is 45.6 Å². The maximum atomic E-state index is 10.7. The molecular weight excluding hydrogens is 154 g/mol. The zero-order chi connectivity index (χ0) is 9.40. The number of hydrogen-bond donors (Lipinski definition) is 1. The fourth-order valence-electron chi connectivity index (χ4n) is 0.979. The Morgan fingerprint density at radius 1 is 1.42 bits per heavy atom. The van der Waals surface area contributed by atoms with Crippen molar-refractivity contribution in [3.05, 3.63) is 0 Å². The molecular formula is C9H19NO2. The van der Waals surface area contributed by atoms with Gasteiger partial charge in [0.25, 0.3) is 0 Å². The summed E-state index contributed by atoms with van der Waals surface area (Å²) in [6.45, 7) is 4.68. The third-order valence-electron chi connectivity index (χ3n) is 1.76. The van der Waals surface area contributed by atoms with Crippen LogP contribution in [0.25, 0.3) is 0 Å². The van der Waals surface area contributed by atoms with Gasteiger partial charge in [0.2, 0.25) is 5.91 Å². The number of ether oxygens (including phenoxy) is 1. The van der Waals surface area contributed by atoms with Crippen LogP contribution < -0.4 is 5.73 Å². The Morgan fingerprint density at radius 3 is 2.50 bits per heavy atom. The number of carbonyl (C=O) groups is 1. The largest absolute Gasteiger partial charge is 0.368 e. The lowest BCUT2D eigenvalue weighted by molar-refractivity contribution is -0.129. The molecule has 0 aliphatic rings. The van der Waals surface area contributed by atoms with E-state index in [1.165, 1.54) is 0 Å². The summed E-state index contributed by atoms with van der Waals surface area (Å²) in [4.78, 5) is 10.7. The lowest BCUT2D eigenvalue weighted by Crippen LogP contribution is -2.30. The highest BCUT2D eigenvalue weighted by Crippen LogP contribution is 2.00. The van der Waals surface area contributed by atoms with Gasteiger partial charge in [-0.25, -0.2) is 0 Å². The lowest BCUT2D eigenvalue weighted by atomic mass is 10.2. The fraction of sp³-hybridized carbons (Fsp3) is 0.889. The van der Waals surface area contributed by atoms with Gasteiger partial charge < -0.3 is 10.5 Å². The van der Waals surface area contributed by atoms with Crippen molar-refractivity contribution in [1.29, 1.82) is 0 Å². The molecule has 0 bridgehead atoms. The van der Waals surface area contributed by atoms with Crippen molar-refractivity contribution >= 4 is 5.91 Å². The Labute approximate surface area is 74.3 Å². The molecule has 0 rings (SSSR count). The molecule has 1 amide bonds. The van der Waals surface area contributed by atoms with Crippen molar-refractivity contribution in [2.24, 2.45) is 5.73 Å². The van der Waals surface area contributed by atoms with Crippen LogP contribution in [-0.2, 0) is 9.53 Å². The van der Waals surface area contributed by atoms with Crippen molar-refractivity contribution < 1.29 is 9.53 Å². The summed E-state index contributed by atoms with van der Waals surface area (Å²) in [5.74, 6) is -0.353. The van der Waals surface area contributed by atoms with Gasteiger partial charge in [-0.1, -0.05) is 26.7 Å². The van der Waals surface area contributed by atoms with Gasteiger partial charge in [0.15, 0.2) is 0 Å². The summed E-state index contributed by atoms with van der Waals surface area (Å²) < 4.78 is 5.28. The molecule has 0 aliphatic carbocycles. The fourth-order valence-corrected chi connectivity index (χ4v) is 0.979. The monoisotopic (exact) mass is 173 g/mol. The van der Waals surface area contributed by atoms with E-state index in [9.17, 15) is 4.79 Å². The van der Waals surface area contributed by atoms with E-state index in [4.69, 9.17) is 10.5 Å². The van der Waals surface area contributed by atoms with E-state index >= 15 is 0 Å². The van der Waals surface area contributed by atoms with Crippen LogP contribution in [0, 0.1) is 0 Å². The van der Waals surface area contributed by atoms with Gasteiger partial charge in [0.1, 0.15) is 6.10 Å². The SMILES string of the molecule is CCCCCOC(CC)C(N)=O. The molecule has 3 heteroatoms. The maximum absolute atomic E-state index is 10.7. The molecule has 3 nitrogen and oxygen atoms in total. The van der Waals surface area contributed by atoms with Crippen LogP contribution in [0.4, 0.5) is 0 Å². The Bertz CT molecular complexity index is 126. The van der Waals surface area contributed by atoms with Crippen molar-refractivity contribution in [3.8, 4) is 0 Å². The molecule has 0 aromatic heterocycles. The summed E-state index contributed by atoms with van der Waals surface area (Å²) in [5, 5.41) is 0. The Kier molecular flexibility index (Phi) is 6.76. The summed E-state index contributed by atoms with van der Waals surface area (Å²) in [6, 6.07) is 0. The summed E-state index contributed by atoms with van der Waals surface area (Å²) >= 11 is 0. The third kappa shape index (κ3) is 5.13. The van der Waals surface area contributed by atoms with Crippen molar-refractivity contribution in [1.82, 2.24) is 0 Å². The van der Waals surface area contributed by atoms with Crippen molar-refractivity contribution in [3.63, 3.8) is 0 Å². The predicted octanol–water partition coefficient (Wildman–Crippen LogP) is 1.46. The zero-order valence-corrected chi connectivity index (χ0v) is 8.01. The average molecular weight is 173 g/mol. The molecule has 72 valence electrons. The van der Waals surface area contributed by atoms with Gasteiger partial charge in [-0.15, -0.1) is 0 Å². The van der Waals surface area contributed by atoms with Crippen LogP contribution >= 0.6 is 0 Å². The molecule has 0 saturated heterocycles. The minimum Gasteiger partial charge on any atom is -0.368 e. The quantitative estimate of drug-likeness (QED) is 0.592. The number of amides is 1. The molecule has 0 aromatic carbocycles. The molecule has 1 atom stereocenters. The lowest BCUT2D eigenvalue weighted by Gasteiger charge is -2.11. The highest BCUT2D eigenvalue weighted by molar-refractivity contribution is 5.78. The molecule has 1 unspecified atom stereocenters. The second-order valence-electron chi connectivity index (χ2n) is 2.88. The van der Waals surface area contributed by atoms with Crippen molar-refractivity contribution in [2.75, 3.05) is 6.61 Å². The molecule has 0 heterocycles. The van der Waals surface area contributed by atoms with E-state index < -0.39 is 0 Å². The normalized spacial score (nSPS) is 12.8. The van der Waals surface area contributed by atoms with Crippen LogP contribution in [0.3, 0.4) is 0 Å². The van der Waals surface area contributed by atoms with Crippen LogP contribution in [0.5, 0.6) is 0 Å². The standard InChI is InChI=1S/C9H19NO2/c1-3-5-6-7-12-8(4-2)9(10)11/h8H,3-7H2,1-2H3,(H2,10,11). The first kappa shape index (κ1) is 11.4. The van der Waals surface area contributed by atoms with E-state index in [1.54, 1.807) is 0 Å². The number of primary amides is 1. The molecule has 2 N–H and O–H groups in total. The van der Waals surface area contributed by atoms with Gasteiger partial charge in [-0.05, 0) is 12.8 Å². The average Bonchev–Trinajstić information content (AvgIpc) is 2.04. The van der Waals surface area contributed by atoms with Gasteiger partial charge in [0, 0.05) is 6.61 Å². The Hall–Kier alpha value is -0.570. The van der Waals surface area contributed by atoms with Crippen LogP contribution in [-0.4, -0.2) is 18.6 Å². The zero-order valence-electron chi connectivity index (χ0n) is 8.01. The first-order valence-corrected chi connectivity index (χ1v) is 4.63.